The summed E-state index contributed by atoms with van der Waals surface area (Å²) in [5.74, 6) is 1.03. The second kappa shape index (κ2) is 8.14. The van der Waals surface area contributed by atoms with Gasteiger partial charge in [-0.1, -0.05) is 17.7 Å². The number of rotatable bonds is 7. The molecule has 3 rings (SSSR count). The average molecular weight is 368 g/mol. The van der Waals surface area contributed by atoms with Crippen molar-refractivity contribution in [3.05, 3.63) is 59.3 Å². The van der Waals surface area contributed by atoms with E-state index in [0.29, 0.717) is 17.2 Å². The Morgan fingerprint density at radius 1 is 1.19 bits per heavy atom. The molecule has 0 bridgehead atoms. The number of carbonyl (C=O) groups excluding carboxylic acids is 1. The van der Waals surface area contributed by atoms with Gasteiger partial charge in [0.05, 0.1) is 7.11 Å². The van der Waals surface area contributed by atoms with Gasteiger partial charge in [-0.05, 0) is 43.7 Å². The van der Waals surface area contributed by atoms with E-state index in [-0.39, 0.29) is 19.1 Å². The fraction of sp³-hybridized carbons (Fsp3) is 0.286. The number of nitrogens with one attached hydrogen (secondary N) is 2. The second-order valence-electron chi connectivity index (χ2n) is 6.53. The number of fused-ring (bicyclic) bond motifs is 1. The molecule has 1 atom stereocenters. The zero-order valence-electron chi connectivity index (χ0n) is 15.7. The highest BCUT2D eigenvalue weighted by Gasteiger charge is 2.16. The van der Waals surface area contributed by atoms with Crippen molar-refractivity contribution < 1.29 is 19.4 Å². The molecule has 0 aliphatic heterocycles. The summed E-state index contributed by atoms with van der Waals surface area (Å²) >= 11 is 0. The summed E-state index contributed by atoms with van der Waals surface area (Å²) in [5, 5.41) is 13.9. The van der Waals surface area contributed by atoms with E-state index in [2.05, 4.69) is 16.4 Å². The average Bonchev–Trinajstić information content (AvgIpc) is 3.01. The molecule has 0 aliphatic carbocycles. The molecule has 6 heteroatoms. The van der Waals surface area contributed by atoms with Crippen molar-refractivity contribution in [2.75, 3.05) is 20.3 Å². The molecule has 2 aromatic carbocycles. The number of aromatic nitrogens is 1. The third-order valence-corrected chi connectivity index (χ3v) is 4.42. The largest absolute Gasteiger partial charge is 0.497 e. The third-order valence-electron chi connectivity index (χ3n) is 4.42. The Kier molecular flexibility index (Phi) is 5.66. The van der Waals surface area contributed by atoms with Crippen LogP contribution in [-0.2, 0) is 0 Å². The molecule has 1 heterocycles. The zero-order chi connectivity index (χ0) is 19.4. The van der Waals surface area contributed by atoms with Crippen LogP contribution in [-0.4, -0.2) is 42.4 Å². The summed E-state index contributed by atoms with van der Waals surface area (Å²) in [6.07, 6.45) is -0.827. The number of aryl methyl sites for hydroxylation is 2. The van der Waals surface area contributed by atoms with Crippen LogP contribution in [0.4, 0.5) is 0 Å². The molecule has 1 amide bonds. The molecule has 27 heavy (non-hydrogen) atoms. The van der Waals surface area contributed by atoms with Gasteiger partial charge >= 0.3 is 0 Å². The SMILES string of the molecule is COc1cccc(OC[C@@H](O)CNC(=O)c2[nH]c3ccc(C)cc3c2C)c1. The summed E-state index contributed by atoms with van der Waals surface area (Å²) in [7, 11) is 1.58. The van der Waals surface area contributed by atoms with Crippen LogP contribution in [0.15, 0.2) is 42.5 Å². The number of methoxy groups -OCH3 is 1. The van der Waals surface area contributed by atoms with Gasteiger partial charge in [0.2, 0.25) is 0 Å². The molecule has 0 saturated heterocycles. The van der Waals surface area contributed by atoms with Gasteiger partial charge in [-0.25, -0.2) is 0 Å². The van der Waals surface area contributed by atoms with E-state index in [1.807, 2.05) is 38.1 Å². The molecule has 3 N–H and O–H groups in total. The highest BCUT2D eigenvalue weighted by molar-refractivity contribution is 6.01. The number of amides is 1. The van der Waals surface area contributed by atoms with Crippen LogP contribution in [0.2, 0.25) is 0 Å². The Bertz CT molecular complexity index is 949. The standard InChI is InChI=1S/C21H24N2O4/c1-13-7-8-19-18(9-13)14(2)20(23-19)21(25)22-11-15(24)12-27-17-6-4-5-16(10-17)26-3/h4-10,15,23-24H,11-12H2,1-3H3,(H,22,25)/t15-/m0/s1. The normalized spacial score (nSPS) is 12.0. The maximum absolute atomic E-state index is 12.5. The van der Waals surface area contributed by atoms with Crippen molar-refractivity contribution in [1.82, 2.24) is 10.3 Å². The first kappa shape index (κ1) is 18.8. The van der Waals surface area contributed by atoms with Crippen molar-refractivity contribution in [3.63, 3.8) is 0 Å². The molecular weight excluding hydrogens is 344 g/mol. The summed E-state index contributed by atoms with van der Waals surface area (Å²) in [5.41, 5.74) is 3.47. The van der Waals surface area contributed by atoms with Crippen LogP contribution in [0, 0.1) is 13.8 Å². The van der Waals surface area contributed by atoms with Gasteiger partial charge < -0.3 is 24.9 Å². The van der Waals surface area contributed by atoms with Gasteiger partial charge in [0.1, 0.15) is 29.9 Å². The summed E-state index contributed by atoms with van der Waals surface area (Å²) < 4.78 is 10.7. The second-order valence-corrected chi connectivity index (χ2v) is 6.53. The van der Waals surface area contributed by atoms with Crippen LogP contribution in [0.5, 0.6) is 11.5 Å². The van der Waals surface area contributed by atoms with Gasteiger partial charge in [-0.15, -0.1) is 0 Å². The molecular formula is C21H24N2O4. The first-order chi connectivity index (χ1) is 13.0. The number of ether oxygens (including phenoxy) is 2. The summed E-state index contributed by atoms with van der Waals surface area (Å²) in [6.45, 7) is 4.09. The number of aromatic amines is 1. The number of aliphatic hydroxyl groups excluding tert-OH is 1. The van der Waals surface area contributed by atoms with E-state index in [1.165, 1.54) is 0 Å². The minimum absolute atomic E-state index is 0.0678. The maximum atomic E-state index is 12.5. The van der Waals surface area contributed by atoms with Gasteiger partial charge in [0.25, 0.3) is 5.91 Å². The van der Waals surface area contributed by atoms with E-state index in [4.69, 9.17) is 9.47 Å². The Morgan fingerprint density at radius 2 is 1.96 bits per heavy atom. The highest BCUT2D eigenvalue weighted by atomic mass is 16.5. The van der Waals surface area contributed by atoms with Crippen molar-refractivity contribution in [3.8, 4) is 11.5 Å². The first-order valence-electron chi connectivity index (χ1n) is 8.80. The lowest BCUT2D eigenvalue weighted by molar-refractivity contribution is 0.0839. The van der Waals surface area contributed by atoms with Crippen LogP contribution in [0.3, 0.4) is 0 Å². The molecule has 142 valence electrons. The van der Waals surface area contributed by atoms with Gasteiger partial charge in [0, 0.05) is 23.5 Å². The van der Waals surface area contributed by atoms with Gasteiger partial charge in [-0.3, -0.25) is 4.79 Å². The minimum atomic E-state index is -0.827. The number of H-pyrrole nitrogens is 1. The number of hydrogen-bond acceptors (Lipinski definition) is 4. The number of aliphatic hydroxyl groups is 1. The Balaban J connectivity index is 1.56. The van der Waals surface area contributed by atoms with E-state index < -0.39 is 6.10 Å². The van der Waals surface area contributed by atoms with Gasteiger partial charge in [-0.2, -0.15) is 0 Å². The van der Waals surface area contributed by atoms with E-state index in [0.717, 1.165) is 22.0 Å². The Hall–Kier alpha value is -2.99. The van der Waals surface area contributed by atoms with Crippen LogP contribution in [0.1, 0.15) is 21.6 Å². The molecule has 0 radical (unpaired) electrons. The fourth-order valence-electron chi connectivity index (χ4n) is 2.91. The first-order valence-corrected chi connectivity index (χ1v) is 8.80. The number of hydrogen-bond donors (Lipinski definition) is 3. The fourth-order valence-corrected chi connectivity index (χ4v) is 2.91. The van der Waals surface area contributed by atoms with Crippen LogP contribution >= 0.6 is 0 Å². The Labute approximate surface area is 158 Å². The Morgan fingerprint density at radius 3 is 2.74 bits per heavy atom. The molecule has 0 unspecified atom stereocenters. The number of benzene rings is 2. The molecule has 0 spiro atoms. The summed E-state index contributed by atoms with van der Waals surface area (Å²) in [6, 6.07) is 13.2. The molecule has 1 aromatic heterocycles. The lowest BCUT2D eigenvalue weighted by Crippen LogP contribution is -2.35. The minimum Gasteiger partial charge on any atom is -0.497 e. The van der Waals surface area contributed by atoms with E-state index in [1.54, 1.807) is 19.2 Å². The molecule has 0 fully saturated rings. The van der Waals surface area contributed by atoms with Crippen LogP contribution < -0.4 is 14.8 Å². The van der Waals surface area contributed by atoms with Crippen molar-refractivity contribution in [2.45, 2.75) is 20.0 Å². The monoisotopic (exact) mass is 368 g/mol. The molecule has 6 nitrogen and oxygen atoms in total. The predicted octanol–water partition coefficient (Wildman–Crippen LogP) is 2.96. The number of carbonyl (C=O) groups is 1. The molecule has 0 saturated carbocycles. The quantitative estimate of drug-likeness (QED) is 0.599. The molecule has 3 aromatic rings. The van der Waals surface area contributed by atoms with E-state index in [9.17, 15) is 9.90 Å². The van der Waals surface area contributed by atoms with Crippen molar-refractivity contribution in [2.24, 2.45) is 0 Å². The lowest BCUT2D eigenvalue weighted by Gasteiger charge is -2.13. The summed E-state index contributed by atoms with van der Waals surface area (Å²) in [4.78, 5) is 15.6. The van der Waals surface area contributed by atoms with Gasteiger partial charge in [0.15, 0.2) is 0 Å². The van der Waals surface area contributed by atoms with Crippen molar-refractivity contribution >= 4 is 16.8 Å². The van der Waals surface area contributed by atoms with Crippen LogP contribution in [0.25, 0.3) is 10.9 Å². The smallest absolute Gasteiger partial charge is 0.268 e. The van der Waals surface area contributed by atoms with Crippen molar-refractivity contribution in [1.29, 1.82) is 0 Å². The predicted molar refractivity (Wildman–Crippen MR) is 105 cm³/mol. The topological polar surface area (TPSA) is 83.6 Å². The maximum Gasteiger partial charge on any atom is 0.268 e. The van der Waals surface area contributed by atoms with E-state index >= 15 is 0 Å². The zero-order valence-corrected chi connectivity index (χ0v) is 15.7. The lowest BCUT2D eigenvalue weighted by atomic mass is 10.1. The highest BCUT2D eigenvalue weighted by Crippen LogP contribution is 2.23. The third kappa shape index (κ3) is 4.41. The molecule has 0 aliphatic rings.